The Labute approximate surface area is 125 Å². The fraction of sp³-hybridized carbons (Fsp3) is 0. The molecule has 7 heteroatoms. The molecule has 20 heavy (non-hydrogen) atoms. The summed E-state index contributed by atoms with van der Waals surface area (Å²) in [6, 6.07) is 12.6. The third-order valence-corrected chi connectivity index (χ3v) is 3.95. The molecule has 0 aliphatic carbocycles. The monoisotopic (exact) mass is 354 g/mol. The highest BCUT2D eigenvalue weighted by Gasteiger charge is 2.09. The van der Waals surface area contributed by atoms with Gasteiger partial charge in [0.15, 0.2) is 0 Å². The van der Waals surface area contributed by atoms with Crippen molar-refractivity contribution in [1.82, 2.24) is 0 Å². The highest BCUT2D eigenvalue weighted by Crippen LogP contribution is 2.16. The number of hydrogen-bond acceptors (Lipinski definition) is 3. The summed E-state index contributed by atoms with van der Waals surface area (Å²) in [5, 5.41) is 7.66. The van der Waals surface area contributed by atoms with E-state index in [0.29, 0.717) is 11.3 Å². The maximum Gasteiger partial charge on any atom is 0.255 e. The van der Waals surface area contributed by atoms with E-state index >= 15 is 0 Å². The van der Waals surface area contributed by atoms with Crippen molar-refractivity contribution in [3.05, 3.63) is 58.6 Å². The largest absolute Gasteiger partial charge is 0.322 e. The Morgan fingerprint density at radius 1 is 1.10 bits per heavy atom. The number of sulfonamides is 1. The van der Waals surface area contributed by atoms with Crippen LogP contribution in [0.25, 0.3) is 0 Å². The number of halogens is 1. The minimum absolute atomic E-state index is 0.00189. The molecule has 0 bridgehead atoms. The summed E-state index contributed by atoms with van der Waals surface area (Å²) in [5.74, 6) is -0.283. The number of benzene rings is 2. The van der Waals surface area contributed by atoms with Crippen LogP contribution in [0, 0.1) is 0 Å². The summed E-state index contributed by atoms with van der Waals surface area (Å²) in [6.45, 7) is 0. The zero-order valence-corrected chi connectivity index (χ0v) is 12.6. The Morgan fingerprint density at radius 2 is 1.75 bits per heavy atom. The summed E-state index contributed by atoms with van der Waals surface area (Å²) in [7, 11) is -3.72. The number of carbonyl (C=O) groups excluding carboxylic acids is 1. The predicted octanol–water partition coefficient (Wildman–Crippen LogP) is 2.35. The Morgan fingerprint density at radius 3 is 2.30 bits per heavy atom. The molecule has 0 aromatic heterocycles. The number of carbonyl (C=O) groups is 1. The number of rotatable bonds is 3. The van der Waals surface area contributed by atoms with Crippen LogP contribution in [-0.4, -0.2) is 14.3 Å². The molecule has 0 spiro atoms. The minimum atomic E-state index is -3.72. The second kappa shape index (κ2) is 5.74. The first-order valence-electron chi connectivity index (χ1n) is 5.56. The lowest BCUT2D eigenvalue weighted by atomic mass is 10.2. The molecular weight excluding hydrogens is 344 g/mol. The molecule has 0 saturated carbocycles. The van der Waals surface area contributed by atoms with Gasteiger partial charge >= 0.3 is 0 Å². The zero-order valence-electron chi connectivity index (χ0n) is 10.2. The van der Waals surface area contributed by atoms with Gasteiger partial charge in [-0.1, -0.05) is 22.0 Å². The Balaban J connectivity index is 2.16. The lowest BCUT2D eigenvalue weighted by Gasteiger charge is -2.06. The van der Waals surface area contributed by atoms with Crippen molar-refractivity contribution >= 4 is 37.5 Å². The standard InChI is InChI=1S/C13H11BrN2O3S/c14-10-3-1-2-9(8-10)13(17)16-11-4-6-12(7-5-11)20(15,18)19/h1-8H,(H,16,17)(H2,15,18,19). The summed E-state index contributed by atoms with van der Waals surface area (Å²) < 4.78 is 23.0. The van der Waals surface area contributed by atoms with Gasteiger partial charge in [-0.2, -0.15) is 0 Å². The molecule has 0 fully saturated rings. The van der Waals surface area contributed by atoms with Crippen molar-refractivity contribution in [1.29, 1.82) is 0 Å². The molecule has 2 aromatic carbocycles. The minimum Gasteiger partial charge on any atom is -0.322 e. The van der Waals surface area contributed by atoms with E-state index in [1.165, 1.54) is 24.3 Å². The maximum atomic E-state index is 12.0. The second-order valence-electron chi connectivity index (χ2n) is 4.03. The number of anilines is 1. The van der Waals surface area contributed by atoms with Crippen molar-refractivity contribution < 1.29 is 13.2 Å². The van der Waals surface area contributed by atoms with Gasteiger partial charge in [-0.3, -0.25) is 4.79 Å². The lowest BCUT2D eigenvalue weighted by molar-refractivity contribution is 0.102. The van der Waals surface area contributed by atoms with Crippen LogP contribution in [0.15, 0.2) is 57.9 Å². The van der Waals surface area contributed by atoms with E-state index in [-0.39, 0.29) is 10.8 Å². The van der Waals surface area contributed by atoms with Crippen LogP contribution < -0.4 is 10.5 Å². The third kappa shape index (κ3) is 3.66. The van der Waals surface area contributed by atoms with Gasteiger partial charge in [0.25, 0.3) is 5.91 Å². The highest BCUT2D eigenvalue weighted by atomic mass is 79.9. The van der Waals surface area contributed by atoms with E-state index in [2.05, 4.69) is 21.2 Å². The van der Waals surface area contributed by atoms with E-state index in [0.717, 1.165) is 4.47 Å². The molecule has 0 radical (unpaired) electrons. The van der Waals surface area contributed by atoms with Crippen molar-refractivity contribution in [2.75, 3.05) is 5.32 Å². The van der Waals surface area contributed by atoms with E-state index in [4.69, 9.17) is 5.14 Å². The first kappa shape index (κ1) is 14.7. The maximum absolute atomic E-state index is 12.0. The first-order valence-corrected chi connectivity index (χ1v) is 7.90. The average Bonchev–Trinajstić information content (AvgIpc) is 2.38. The van der Waals surface area contributed by atoms with Gasteiger partial charge in [0.1, 0.15) is 0 Å². The van der Waals surface area contributed by atoms with Gasteiger partial charge < -0.3 is 5.32 Å². The van der Waals surface area contributed by atoms with Crippen molar-refractivity contribution in [2.24, 2.45) is 5.14 Å². The van der Waals surface area contributed by atoms with Crippen LogP contribution in [0.5, 0.6) is 0 Å². The van der Waals surface area contributed by atoms with Crippen LogP contribution >= 0.6 is 15.9 Å². The molecule has 2 rings (SSSR count). The number of hydrogen-bond donors (Lipinski definition) is 2. The SMILES string of the molecule is NS(=O)(=O)c1ccc(NC(=O)c2cccc(Br)c2)cc1. The molecule has 1 amide bonds. The Bertz CT molecular complexity index is 742. The Kier molecular flexibility index (Phi) is 4.22. The molecule has 104 valence electrons. The molecule has 0 aliphatic rings. The summed E-state index contributed by atoms with van der Waals surface area (Å²) in [6.07, 6.45) is 0. The van der Waals surface area contributed by atoms with E-state index in [9.17, 15) is 13.2 Å². The Hall–Kier alpha value is -1.70. The quantitative estimate of drug-likeness (QED) is 0.886. The fourth-order valence-electron chi connectivity index (χ4n) is 1.56. The molecule has 2 aromatic rings. The van der Waals surface area contributed by atoms with Gasteiger partial charge in [-0.05, 0) is 42.5 Å². The van der Waals surface area contributed by atoms with Crippen LogP contribution in [-0.2, 0) is 10.0 Å². The van der Waals surface area contributed by atoms with Gasteiger partial charge in [0.05, 0.1) is 4.90 Å². The third-order valence-electron chi connectivity index (χ3n) is 2.53. The molecule has 3 N–H and O–H groups in total. The second-order valence-corrected chi connectivity index (χ2v) is 6.51. The molecule has 0 atom stereocenters. The zero-order chi connectivity index (χ0) is 14.8. The number of primary sulfonamides is 1. The predicted molar refractivity (Wildman–Crippen MR) is 79.9 cm³/mol. The number of amides is 1. The van der Waals surface area contributed by atoms with Crippen LogP contribution in [0.4, 0.5) is 5.69 Å². The van der Waals surface area contributed by atoms with Gasteiger partial charge in [-0.25, -0.2) is 13.6 Å². The highest BCUT2D eigenvalue weighted by molar-refractivity contribution is 9.10. The van der Waals surface area contributed by atoms with Crippen molar-refractivity contribution in [2.45, 2.75) is 4.90 Å². The molecule has 5 nitrogen and oxygen atoms in total. The summed E-state index contributed by atoms with van der Waals surface area (Å²) in [5.41, 5.74) is 0.984. The smallest absolute Gasteiger partial charge is 0.255 e. The van der Waals surface area contributed by atoms with E-state index in [1.54, 1.807) is 18.2 Å². The molecule has 0 heterocycles. The molecule has 0 saturated heterocycles. The van der Waals surface area contributed by atoms with Gasteiger partial charge in [0.2, 0.25) is 10.0 Å². The normalized spacial score (nSPS) is 11.1. The average molecular weight is 355 g/mol. The fourth-order valence-corrected chi connectivity index (χ4v) is 2.48. The van der Waals surface area contributed by atoms with Gasteiger partial charge in [-0.15, -0.1) is 0 Å². The topological polar surface area (TPSA) is 89.3 Å². The van der Waals surface area contributed by atoms with E-state index < -0.39 is 10.0 Å². The van der Waals surface area contributed by atoms with Crippen LogP contribution in [0.1, 0.15) is 10.4 Å². The molecule has 0 aliphatic heterocycles. The summed E-state index contributed by atoms with van der Waals surface area (Å²) in [4.78, 5) is 12.0. The van der Waals surface area contributed by atoms with Crippen LogP contribution in [0.2, 0.25) is 0 Å². The van der Waals surface area contributed by atoms with E-state index in [1.807, 2.05) is 6.07 Å². The number of nitrogens with one attached hydrogen (secondary N) is 1. The van der Waals surface area contributed by atoms with Crippen LogP contribution in [0.3, 0.4) is 0 Å². The van der Waals surface area contributed by atoms with Gasteiger partial charge in [0, 0.05) is 15.7 Å². The lowest BCUT2D eigenvalue weighted by Crippen LogP contribution is -2.13. The van der Waals surface area contributed by atoms with Crippen molar-refractivity contribution in [3.63, 3.8) is 0 Å². The first-order chi connectivity index (χ1) is 9.36. The summed E-state index contributed by atoms with van der Waals surface area (Å²) >= 11 is 3.29. The molecule has 0 unspecified atom stereocenters. The van der Waals surface area contributed by atoms with Crippen molar-refractivity contribution in [3.8, 4) is 0 Å². The molecular formula is C13H11BrN2O3S. The number of nitrogens with two attached hydrogens (primary N) is 1.